The second kappa shape index (κ2) is 11.8. The summed E-state index contributed by atoms with van der Waals surface area (Å²) in [5, 5.41) is 15.4. The van der Waals surface area contributed by atoms with Gasteiger partial charge >= 0.3 is 6.09 Å². The maximum atomic E-state index is 11.9. The molecule has 1 aromatic heterocycles. The van der Waals surface area contributed by atoms with Crippen molar-refractivity contribution in [1.29, 1.82) is 0 Å². The number of guanidine groups is 1. The van der Waals surface area contributed by atoms with Crippen molar-refractivity contribution in [1.82, 2.24) is 30.3 Å². The summed E-state index contributed by atoms with van der Waals surface area (Å²) in [5.41, 5.74) is 0. The Morgan fingerprint density at radius 1 is 1.13 bits per heavy atom. The first kappa shape index (κ1) is 22.4. The molecule has 168 valence electrons. The SMILES string of the molecule is CCOC(=O)N1CCC(NC(=NCCn2cnnc2CC)NC2CCCCC2)CC1. The van der Waals surface area contributed by atoms with Gasteiger partial charge in [-0.05, 0) is 32.6 Å². The molecule has 1 aliphatic heterocycles. The van der Waals surface area contributed by atoms with Gasteiger partial charge in [-0.1, -0.05) is 26.2 Å². The van der Waals surface area contributed by atoms with Gasteiger partial charge in [0.1, 0.15) is 12.2 Å². The van der Waals surface area contributed by atoms with E-state index in [1.807, 2.05) is 6.92 Å². The third-order valence-corrected chi connectivity index (χ3v) is 5.93. The first-order chi connectivity index (χ1) is 14.7. The van der Waals surface area contributed by atoms with Gasteiger partial charge in [0.05, 0.1) is 13.2 Å². The third-order valence-electron chi connectivity index (χ3n) is 5.93. The van der Waals surface area contributed by atoms with E-state index in [0.717, 1.165) is 37.6 Å². The molecule has 2 aliphatic rings. The monoisotopic (exact) mass is 419 g/mol. The summed E-state index contributed by atoms with van der Waals surface area (Å²) in [4.78, 5) is 18.6. The number of rotatable bonds is 7. The number of amides is 1. The summed E-state index contributed by atoms with van der Waals surface area (Å²) in [7, 11) is 0. The number of aryl methyl sites for hydroxylation is 1. The molecule has 9 heteroatoms. The summed E-state index contributed by atoms with van der Waals surface area (Å²) in [6.45, 7) is 7.23. The highest BCUT2D eigenvalue weighted by molar-refractivity contribution is 5.80. The molecule has 0 unspecified atom stereocenters. The standard InChI is InChI=1S/C21H37N7O2/c1-3-19-26-23-16-28(19)15-12-22-20(24-17-8-6-5-7-9-17)25-18-10-13-27(14-11-18)21(29)30-4-2/h16-18H,3-15H2,1-2H3,(H2,22,24,25). The van der Waals surface area contributed by atoms with Gasteiger partial charge in [-0.3, -0.25) is 4.99 Å². The fourth-order valence-electron chi connectivity index (χ4n) is 4.20. The number of hydrogen-bond acceptors (Lipinski definition) is 5. The van der Waals surface area contributed by atoms with Crippen LogP contribution in [0.1, 0.15) is 64.6 Å². The molecular formula is C21H37N7O2. The van der Waals surface area contributed by atoms with Crippen molar-refractivity contribution in [3.05, 3.63) is 12.2 Å². The fraction of sp³-hybridized carbons (Fsp3) is 0.810. The molecule has 2 fully saturated rings. The van der Waals surface area contributed by atoms with Gasteiger partial charge in [0, 0.05) is 38.1 Å². The van der Waals surface area contributed by atoms with Gasteiger partial charge in [0.15, 0.2) is 5.96 Å². The Bertz CT molecular complexity index is 677. The average molecular weight is 420 g/mol. The van der Waals surface area contributed by atoms with Crippen molar-refractivity contribution in [2.45, 2.75) is 83.8 Å². The molecule has 0 radical (unpaired) electrons. The smallest absolute Gasteiger partial charge is 0.409 e. The lowest BCUT2D eigenvalue weighted by Crippen LogP contribution is -2.52. The molecule has 0 atom stereocenters. The number of likely N-dealkylation sites (tertiary alicyclic amines) is 1. The first-order valence-corrected chi connectivity index (χ1v) is 11.6. The lowest BCUT2D eigenvalue weighted by Gasteiger charge is -2.33. The van der Waals surface area contributed by atoms with E-state index in [2.05, 4.69) is 32.3 Å². The fourth-order valence-corrected chi connectivity index (χ4v) is 4.20. The molecule has 1 aromatic rings. The molecular weight excluding hydrogens is 382 g/mol. The summed E-state index contributed by atoms with van der Waals surface area (Å²) in [5.74, 6) is 1.88. The molecule has 0 spiro atoms. The van der Waals surface area contributed by atoms with E-state index in [9.17, 15) is 4.79 Å². The largest absolute Gasteiger partial charge is 0.450 e. The lowest BCUT2D eigenvalue weighted by atomic mass is 9.96. The Labute approximate surface area is 179 Å². The Morgan fingerprint density at radius 2 is 1.83 bits per heavy atom. The first-order valence-electron chi connectivity index (χ1n) is 11.6. The minimum Gasteiger partial charge on any atom is -0.450 e. The number of carbonyl (C=O) groups excluding carboxylic acids is 1. The van der Waals surface area contributed by atoms with Crippen LogP contribution < -0.4 is 10.6 Å². The quantitative estimate of drug-likeness (QED) is 0.520. The van der Waals surface area contributed by atoms with Crippen molar-refractivity contribution in [2.24, 2.45) is 4.99 Å². The van der Waals surface area contributed by atoms with Crippen LogP contribution >= 0.6 is 0 Å². The highest BCUT2D eigenvalue weighted by atomic mass is 16.6. The molecule has 30 heavy (non-hydrogen) atoms. The normalized spacial score (nSPS) is 19.0. The summed E-state index contributed by atoms with van der Waals surface area (Å²) in [6.07, 6.45) is 10.5. The number of nitrogens with zero attached hydrogens (tertiary/aromatic N) is 5. The van der Waals surface area contributed by atoms with Crippen LogP contribution in [-0.2, 0) is 17.7 Å². The van der Waals surface area contributed by atoms with Crippen molar-refractivity contribution < 1.29 is 9.53 Å². The van der Waals surface area contributed by atoms with Gasteiger partial charge in [-0.2, -0.15) is 0 Å². The molecule has 1 saturated heterocycles. The molecule has 9 nitrogen and oxygen atoms in total. The van der Waals surface area contributed by atoms with Crippen molar-refractivity contribution in [3.63, 3.8) is 0 Å². The summed E-state index contributed by atoms with van der Waals surface area (Å²) < 4.78 is 7.19. The molecule has 0 bridgehead atoms. The van der Waals surface area contributed by atoms with Crippen LogP contribution in [-0.4, -0.2) is 70.0 Å². The predicted octanol–water partition coefficient (Wildman–Crippen LogP) is 2.33. The van der Waals surface area contributed by atoms with E-state index in [1.54, 1.807) is 11.2 Å². The molecule has 3 rings (SSSR count). The summed E-state index contributed by atoms with van der Waals surface area (Å²) in [6, 6.07) is 0.803. The number of aromatic nitrogens is 3. The Kier molecular flexibility index (Phi) is 8.77. The molecule has 1 saturated carbocycles. The second-order valence-electron chi connectivity index (χ2n) is 8.11. The number of ether oxygens (including phenoxy) is 1. The highest BCUT2D eigenvalue weighted by Crippen LogP contribution is 2.17. The van der Waals surface area contributed by atoms with E-state index in [4.69, 9.17) is 9.73 Å². The van der Waals surface area contributed by atoms with E-state index >= 15 is 0 Å². The molecule has 2 heterocycles. The number of nitrogens with one attached hydrogen (secondary N) is 2. The maximum Gasteiger partial charge on any atom is 0.409 e. The average Bonchev–Trinajstić information content (AvgIpc) is 3.22. The van der Waals surface area contributed by atoms with E-state index in [-0.39, 0.29) is 6.09 Å². The van der Waals surface area contributed by atoms with E-state index < -0.39 is 0 Å². The van der Waals surface area contributed by atoms with Crippen LogP contribution in [0.15, 0.2) is 11.3 Å². The van der Waals surface area contributed by atoms with Crippen LogP contribution in [0.3, 0.4) is 0 Å². The van der Waals surface area contributed by atoms with Crippen LogP contribution in [0.4, 0.5) is 4.79 Å². The van der Waals surface area contributed by atoms with Gasteiger partial charge in [-0.15, -0.1) is 10.2 Å². The molecule has 1 aliphatic carbocycles. The Hall–Kier alpha value is -2.32. The van der Waals surface area contributed by atoms with Crippen molar-refractivity contribution in [2.75, 3.05) is 26.2 Å². The minimum atomic E-state index is -0.203. The molecule has 0 aromatic carbocycles. The lowest BCUT2D eigenvalue weighted by molar-refractivity contribution is 0.0963. The highest BCUT2D eigenvalue weighted by Gasteiger charge is 2.25. The zero-order chi connectivity index (χ0) is 21.2. The van der Waals surface area contributed by atoms with Crippen molar-refractivity contribution >= 4 is 12.1 Å². The van der Waals surface area contributed by atoms with E-state index in [0.29, 0.717) is 38.3 Å². The molecule has 2 N–H and O–H groups in total. The summed E-state index contributed by atoms with van der Waals surface area (Å²) >= 11 is 0. The Balaban J connectivity index is 1.55. The topological polar surface area (TPSA) is 96.7 Å². The number of aliphatic imine (C=N–C) groups is 1. The van der Waals surface area contributed by atoms with Crippen molar-refractivity contribution in [3.8, 4) is 0 Å². The zero-order valence-electron chi connectivity index (χ0n) is 18.5. The van der Waals surface area contributed by atoms with Crippen LogP contribution in [0.5, 0.6) is 0 Å². The predicted molar refractivity (Wildman–Crippen MR) is 116 cm³/mol. The van der Waals surface area contributed by atoms with E-state index in [1.165, 1.54) is 32.1 Å². The van der Waals surface area contributed by atoms with Crippen LogP contribution in [0.25, 0.3) is 0 Å². The van der Waals surface area contributed by atoms with Gasteiger partial charge in [0.2, 0.25) is 0 Å². The number of piperidine rings is 1. The molecule has 1 amide bonds. The van der Waals surface area contributed by atoms with Gasteiger partial charge < -0.3 is 24.8 Å². The van der Waals surface area contributed by atoms with Crippen LogP contribution in [0.2, 0.25) is 0 Å². The maximum absolute atomic E-state index is 11.9. The van der Waals surface area contributed by atoms with Gasteiger partial charge in [0.25, 0.3) is 0 Å². The third kappa shape index (κ3) is 6.60. The second-order valence-corrected chi connectivity index (χ2v) is 8.11. The number of hydrogen-bond donors (Lipinski definition) is 2. The Morgan fingerprint density at radius 3 is 2.50 bits per heavy atom. The zero-order valence-corrected chi connectivity index (χ0v) is 18.5. The minimum absolute atomic E-state index is 0.203. The number of carbonyl (C=O) groups is 1. The van der Waals surface area contributed by atoms with Gasteiger partial charge in [-0.25, -0.2) is 4.79 Å². The van der Waals surface area contributed by atoms with Crippen LogP contribution in [0, 0.1) is 0 Å².